The number of carbonyl (C=O) groups excluding carboxylic acids is 1. The fraction of sp³-hybridized carbons (Fsp3) is 0.615. The zero-order chi connectivity index (χ0) is 13.8. The monoisotopic (exact) mass is 288 g/mol. The smallest absolute Gasteiger partial charge is 0.228 e. The van der Waals surface area contributed by atoms with Gasteiger partial charge < -0.3 is 11.1 Å². The fourth-order valence-electron chi connectivity index (χ4n) is 1.61. The molecule has 3 nitrogen and oxygen atoms in total. The Morgan fingerprint density at radius 1 is 1.50 bits per heavy atom. The highest BCUT2D eigenvalue weighted by molar-refractivity contribution is 7.16. The summed E-state index contributed by atoms with van der Waals surface area (Å²) in [6.07, 6.45) is 1.70. The number of carbonyl (C=O) groups is 1. The molecule has 0 aliphatic heterocycles. The summed E-state index contributed by atoms with van der Waals surface area (Å²) in [4.78, 5) is 13.0. The molecule has 0 saturated heterocycles. The van der Waals surface area contributed by atoms with Crippen molar-refractivity contribution in [2.24, 2.45) is 5.73 Å². The van der Waals surface area contributed by atoms with Gasteiger partial charge in [-0.05, 0) is 31.9 Å². The second-order valence-corrected chi connectivity index (χ2v) is 6.40. The first-order chi connectivity index (χ1) is 8.41. The average Bonchev–Trinajstić information content (AvgIpc) is 2.81. The molecule has 1 rings (SSSR count). The van der Waals surface area contributed by atoms with Crippen LogP contribution < -0.4 is 11.1 Å². The van der Waals surface area contributed by atoms with Gasteiger partial charge in [0, 0.05) is 17.0 Å². The van der Waals surface area contributed by atoms with E-state index in [-0.39, 0.29) is 17.4 Å². The van der Waals surface area contributed by atoms with E-state index < -0.39 is 0 Å². The van der Waals surface area contributed by atoms with Crippen molar-refractivity contribution in [3.63, 3.8) is 0 Å². The number of nitrogens with one attached hydrogen (secondary N) is 1. The lowest BCUT2D eigenvalue weighted by atomic mass is 9.94. The molecule has 1 atom stereocenters. The molecule has 1 heterocycles. The van der Waals surface area contributed by atoms with Gasteiger partial charge in [0.1, 0.15) is 0 Å². The predicted molar refractivity (Wildman–Crippen MR) is 78.3 cm³/mol. The van der Waals surface area contributed by atoms with Crippen LogP contribution in [-0.2, 0) is 4.79 Å². The molecular formula is C13H21ClN2OS. The Bertz CT molecular complexity index is 401. The van der Waals surface area contributed by atoms with E-state index in [9.17, 15) is 4.79 Å². The third-order valence-corrected chi connectivity index (χ3v) is 4.85. The van der Waals surface area contributed by atoms with Crippen molar-refractivity contribution < 1.29 is 4.79 Å². The first-order valence-electron chi connectivity index (χ1n) is 6.23. The van der Waals surface area contributed by atoms with Gasteiger partial charge in [0.05, 0.1) is 10.3 Å². The first-order valence-corrected chi connectivity index (χ1v) is 7.43. The van der Waals surface area contributed by atoms with E-state index in [2.05, 4.69) is 5.32 Å². The zero-order valence-corrected chi connectivity index (χ0v) is 12.7. The van der Waals surface area contributed by atoms with E-state index in [1.165, 1.54) is 11.3 Å². The van der Waals surface area contributed by atoms with Crippen LogP contribution in [0.5, 0.6) is 0 Å². The molecule has 5 heteroatoms. The lowest BCUT2D eigenvalue weighted by Gasteiger charge is -2.27. The largest absolute Gasteiger partial charge is 0.354 e. The second-order valence-electron chi connectivity index (χ2n) is 4.65. The highest BCUT2D eigenvalue weighted by atomic mass is 35.5. The normalized spacial score (nSPS) is 13.4. The van der Waals surface area contributed by atoms with Gasteiger partial charge in [0.15, 0.2) is 0 Å². The minimum Gasteiger partial charge on any atom is -0.354 e. The number of amides is 1. The maximum atomic E-state index is 12.0. The average molecular weight is 289 g/mol. The molecule has 1 aromatic heterocycles. The fourth-order valence-corrected chi connectivity index (χ4v) is 2.72. The van der Waals surface area contributed by atoms with Crippen molar-refractivity contribution in [3.8, 4) is 0 Å². The number of halogens is 1. The molecule has 0 aliphatic carbocycles. The zero-order valence-electron chi connectivity index (χ0n) is 11.1. The molecular weight excluding hydrogens is 268 g/mol. The van der Waals surface area contributed by atoms with Gasteiger partial charge in [0.25, 0.3) is 0 Å². The molecule has 0 aromatic carbocycles. The Morgan fingerprint density at radius 3 is 2.56 bits per heavy atom. The van der Waals surface area contributed by atoms with Crippen LogP contribution in [0.15, 0.2) is 12.1 Å². The maximum absolute atomic E-state index is 12.0. The predicted octanol–water partition coefficient (Wildman–Crippen LogP) is 3.14. The van der Waals surface area contributed by atoms with Gasteiger partial charge in [-0.15, -0.1) is 11.3 Å². The van der Waals surface area contributed by atoms with E-state index in [1.54, 1.807) is 0 Å². The summed E-state index contributed by atoms with van der Waals surface area (Å²) >= 11 is 7.31. The van der Waals surface area contributed by atoms with Crippen LogP contribution in [0.4, 0.5) is 0 Å². The quantitative estimate of drug-likeness (QED) is 0.845. The molecule has 1 amide bonds. The third-order valence-electron chi connectivity index (χ3n) is 3.44. The summed E-state index contributed by atoms with van der Waals surface area (Å²) in [5.74, 6) is -0.175. The standard InChI is InChI=1S/C13H21ClN2OS/c1-4-13(15,5-2)8-16-12(17)9(3)10-6-7-11(14)18-10/h6-7,9H,4-5,8,15H2,1-3H3,(H,16,17). The van der Waals surface area contributed by atoms with Gasteiger partial charge in [0.2, 0.25) is 5.91 Å². The van der Waals surface area contributed by atoms with E-state index >= 15 is 0 Å². The Hall–Kier alpha value is -0.580. The van der Waals surface area contributed by atoms with Gasteiger partial charge in [-0.3, -0.25) is 4.79 Å². The van der Waals surface area contributed by atoms with Crippen LogP contribution in [0, 0.1) is 0 Å². The van der Waals surface area contributed by atoms with Gasteiger partial charge in [-0.2, -0.15) is 0 Å². The minimum atomic E-state index is -0.303. The summed E-state index contributed by atoms with van der Waals surface area (Å²) in [6.45, 7) is 6.48. The van der Waals surface area contributed by atoms with Crippen molar-refractivity contribution in [1.29, 1.82) is 0 Å². The van der Waals surface area contributed by atoms with E-state index in [0.29, 0.717) is 10.9 Å². The molecule has 0 spiro atoms. The summed E-state index contributed by atoms with van der Waals surface area (Å²) in [5, 5.41) is 2.93. The Labute approximate surface area is 118 Å². The Balaban J connectivity index is 2.56. The van der Waals surface area contributed by atoms with Gasteiger partial charge in [-0.25, -0.2) is 0 Å². The molecule has 18 heavy (non-hydrogen) atoms. The van der Waals surface area contributed by atoms with Crippen molar-refractivity contribution in [3.05, 3.63) is 21.3 Å². The lowest BCUT2D eigenvalue weighted by molar-refractivity contribution is -0.122. The number of hydrogen-bond acceptors (Lipinski definition) is 3. The highest BCUT2D eigenvalue weighted by Gasteiger charge is 2.23. The van der Waals surface area contributed by atoms with E-state index in [4.69, 9.17) is 17.3 Å². The van der Waals surface area contributed by atoms with Crippen LogP contribution >= 0.6 is 22.9 Å². The SMILES string of the molecule is CCC(N)(CC)CNC(=O)C(C)c1ccc(Cl)s1. The molecule has 3 N–H and O–H groups in total. The minimum absolute atomic E-state index is 0.00485. The first kappa shape index (κ1) is 15.5. The maximum Gasteiger partial charge on any atom is 0.228 e. The van der Waals surface area contributed by atoms with Crippen LogP contribution in [0.3, 0.4) is 0 Å². The van der Waals surface area contributed by atoms with E-state index in [0.717, 1.165) is 17.7 Å². The molecule has 1 aromatic rings. The van der Waals surface area contributed by atoms with Crippen LogP contribution in [0.1, 0.15) is 44.4 Å². The summed E-state index contributed by atoms with van der Waals surface area (Å²) in [7, 11) is 0. The summed E-state index contributed by atoms with van der Waals surface area (Å²) < 4.78 is 0.708. The summed E-state index contributed by atoms with van der Waals surface area (Å²) in [6, 6.07) is 3.71. The Morgan fingerprint density at radius 2 is 2.11 bits per heavy atom. The van der Waals surface area contributed by atoms with Gasteiger partial charge in [-0.1, -0.05) is 25.4 Å². The molecule has 0 fully saturated rings. The number of rotatable bonds is 6. The molecule has 102 valence electrons. The van der Waals surface area contributed by atoms with Crippen molar-refractivity contribution in [2.45, 2.75) is 45.1 Å². The van der Waals surface area contributed by atoms with Crippen molar-refractivity contribution in [2.75, 3.05) is 6.54 Å². The molecule has 0 aliphatic rings. The number of thiophene rings is 1. The Kier molecular flexibility index (Phi) is 5.63. The topological polar surface area (TPSA) is 55.1 Å². The highest BCUT2D eigenvalue weighted by Crippen LogP contribution is 2.28. The molecule has 1 unspecified atom stereocenters. The molecule has 0 bridgehead atoms. The number of hydrogen-bond donors (Lipinski definition) is 2. The van der Waals surface area contributed by atoms with Crippen LogP contribution in [-0.4, -0.2) is 18.0 Å². The van der Waals surface area contributed by atoms with Crippen molar-refractivity contribution in [1.82, 2.24) is 5.32 Å². The van der Waals surface area contributed by atoms with Crippen LogP contribution in [0.25, 0.3) is 0 Å². The second kappa shape index (κ2) is 6.55. The third kappa shape index (κ3) is 3.97. The lowest BCUT2D eigenvalue weighted by Crippen LogP contribution is -2.49. The van der Waals surface area contributed by atoms with Gasteiger partial charge >= 0.3 is 0 Å². The summed E-state index contributed by atoms with van der Waals surface area (Å²) in [5.41, 5.74) is 5.85. The number of nitrogens with two attached hydrogens (primary N) is 1. The van der Waals surface area contributed by atoms with Crippen molar-refractivity contribution >= 4 is 28.8 Å². The van der Waals surface area contributed by atoms with E-state index in [1.807, 2.05) is 32.9 Å². The molecule has 0 saturated carbocycles. The van der Waals surface area contributed by atoms with Crippen LogP contribution in [0.2, 0.25) is 4.34 Å². The molecule has 0 radical (unpaired) electrons.